The number of nitrogen functional groups attached to an aromatic ring is 2. The van der Waals surface area contributed by atoms with Crippen LogP contribution in [0.5, 0.6) is 0 Å². The molecular weight excluding hydrogens is 204 g/mol. The van der Waals surface area contributed by atoms with Crippen LogP contribution in [-0.2, 0) is 0 Å². The Morgan fingerprint density at radius 3 is 2.56 bits per heavy atom. The normalized spacial score (nSPS) is 10.0. The Morgan fingerprint density at radius 1 is 1.12 bits per heavy atom. The van der Waals surface area contributed by atoms with Crippen LogP contribution in [0.1, 0.15) is 16.1 Å². The van der Waals surface area contributed by atoms with Crippen molar-refractivity contribution in [2.24, 2.45) is 0 Å². The van der Waals surface area contributed by atoms with Gasteiger partial charge in [0.25, 0.3) is 0 Å². The van der Waals surface area contributed by atoms with Gasteiger partial charge in [-0.15, -0.1) is 0 Å². The van der Waals surface area contributed by atoms with Crippen LogP contribution in [0.15, 0.2) is 36.7 Å². The Balaban J connectivity index is 2.40. The maximum Gasteiger partial charge on any atom is 0.215 e. The first-order valence-electron chi connectivity index (χ1n) is 4.65. The van der Waals surface area contributed by atoms with E-state index in [2.05, 4.69) is 9.97 Å². The van der Waals surface area contributed by atoms with Gasteiger partial charge in [-0.25, -0.2) is 4.98 Å². The number of aromatic nitrogens is 2. The summed E-state index contributed by atoms with van der Waals surface area (Å²) in [6, 6.07) is 6.44. The second kappa shape index (κ2) is 3.98. The average Bonchev–Trinajstić information content (AvgIpc) is 2.30. The third kappa shape index (κ3) is 1.83. The second-order valence-electron chi connectivity index (χ2n) is 3.24. The molecule has 5 heteroatoms. The zero-order chi connectivity index (χ0) is 11.5. The molecular formula is C11H10N4O. The molecule has 0 spiro atoms. The molecule has 16 heavy (non-hydrogen) atoms. The van der Waals surface area contributed by atoms with Gasteiger partial charge in [0.05, 0.1) is 17.4 Å². The van der Waals surface area contributed by atoms with Crippen molar-refractivity contribution in [1.29, 1.82) is 0 Å². The van der Waals surface area contributed by atoms with Gasteiger partial charge in [0, 0.05) is 6.20 Å². The third-order valence-electron chi connectivity index (χ3n) is 2.10. The van der Waals surface area contributed by atoms with Crippen molar-refractivity contribution in [2.75, 3.05) is 11.5 Å². The van der Waals surface area contributed by atoms with Crippen LogP contribution < -0.4 is 11.5 Å². The first-order valence-corrected chi connectivity index (χ1v) is 4.65. The average molecular weight is 214 g/mol. The Labute approximate surface area is 92.1 Å². The highest BCUT2D eigenvalue weighted by Crippen LogP contribution is 2.13. The summed E-state index contributed by atoms with van der Waals surface area (Å²) in [6.45, 7) is 0. The fourth-order valence-corrected chi connectivity index (χ4v) is 1.29. The van der Waals surface area contributed by atoms with E-state index in [1.807, 2.05) is 0 Å². The molecule has 5 nitrogen and oxygen atoms in total. The maximum atomic E-state index is 12.0. The van der Waals surface area contributed by atoms with Crippen molar-refractivity contribution in [3.63, 3.8) is 0 Å². The van der Waals surface area contributed by atoms with Crippen molar-refractivity contribution < 1.29 is 4.79 Å². The van der Waals surface area contributed by atoms with Crippen LogP contribution in [0.3, 0.4) is 0 Å². The Hall–Kier alpha value is -2.43. The van der Waals surface area contributed by atoms with E-state index >= 15 is 0 Å². The summed E-state index contributed by atoms with van der Waals surface area (Å²) < 4.78 is 0. The molecule has 0 saturated heterocycles. The second-order valence-corrected chi connectivity index (χ2v) is 3.24. The standard InChI is InChI=1S/C11H10N4O/c12-7-3-4-9(15-6-7)10(16)8-2-1-5-14-11(8)13/h1-6H,12H2,(H2,13,14). The summed E-state index contributed by atoms with van der Waals surface area (Å²) in [6.07, 6.45) is 2.96. The van der Waals surface area contributed by atoms with Crippen molar-refractivity contribution in [1.82, 2.24) is 9.97 Å². The first-order chi connectivity index (χ1) is 7.68. The van der Waals surface area contributed by atoms with Crippen molar-refractivity contribution in [3.8, 4) is 0 Å². The molecule has 2 rings (SSSR count). The molecule has 0 unspecified atom stereocenters. The molecule has 4 N–H and O–H groups in total. The lowest BCUT2D eigenvalue weighted by Gasteiger charge is -2.02. The lowest BCUT2D eigenvalue weighted by atomic mass is 10.1. The minimum atomic E-state index is -0.259. The monoisotopic (exact) mass is 214 g/mol. The van der Waals surface area contributed by atoms with Crippen LogP contribution in [0.2, 0.25) is 0 Å². The molecule has 0 bridgehead atoms. The topological polar surface area (TPSA) is 94.9 Å². The van der Waals surface area contributed by atoms with Gasteiger partial charge in [-0.1, -0.05) is 0 Å². The highest BCUT2D eigenvalue weighted by molar-refractivity contribution is 6.10. The van der Waals surface area contributed by atoms with E-state index in [0.29, 0.717) is 16.9 Å². The third-order valence-corrected chi connectivity index (χ3v) is 2.10. The van der Waals surface area contributed by atoms with Gasteiger partial charge in [-0.05, 0) is 24.3 Å². The van der Waals surface area contributed by atoms with Crippen LogP contribution in [0.25, 0.3) is 0 Å². The van der Waals surface area contributed by atoms with E-state index in [9.17, 15) is 4.79 Å². The number of hydrogen-bond donors (Lipinski definition) is 2. The number of carbonyl (C=O) groups is 1. The van der Waals surface area contributed by atoms with Gasteiger partial charge in [-0.3, -0.25) is 9.78 Å². The Bertz CT molecular complexity index is 522. The fraction of sp³-hybridized carbons (Fsp3) is 0. The van der Waals surface area contributed by atoms with E-state index in [1.54, 1.807) is 24.3 Å². The SMILES string of the molecule is Nc1ccc(C(=O)c2cccnc2N)nc1. The Morgan fingerprint density at radius 2 is 1.94 bits per heavy atom. The number of anilines is 2. The van der Waals surface area contributed by atoms with E-state index in [-0.39, 0.29) is 11.6 Å². The van der Waals surface area contributed by atoms with Crippen molar-refractivity contribution in [2.45, 2.75) is 0 Å². The van der Waals surface area contributed by atoms with E-state index in [1.165, 1.54) is 12.4 Å². The number of ketones is 1. The molecule has 0 amide bonds. The zero-order valence-corrected chi connectivity index (χ0v) is 8.42. The minimum absolute atomic E-state index is 0.200. The molecule has 2 heterocycles. The van der Waals surface area contributed by atoms with Gasteiger partial charge in [0.15, 0.2) is 0 Å². The summed E-state index contributed by atoms with van der Waals surface area (Å²) in [7, 11) is 0. The molecule has 0 radical (unpaired) electrons. The van der Waals surface area contributed by atoms with Gasteiger partial charge >= 0.3 is 0 Å². The van der Waals surface area contributed by atoms with Crippen molar-refractivity contribution >= 4 is 17.3 Å². The van der Waals surface area contributed by atoms with Gasteiger partial charge < -0.3 is 11.5 Å². The first kappa shape index (κ1) is 10.1. The van der Waals surface area contributed by atoms with Crippen molar-refractivity contribution in [3.05, 3.63) is 47.9 Å². The molecule has 2 aromatic heterocycles. The number of nitrogens with two attached hydrogens (primary N) is 2. The number of pyridine rings is 2. The molecule has 80 valence electrons. The van der Waals surface area contributed by atoms with Gasteiger partial charge in [0.1, 0.15) is 11.5 Å². The number of carbonyl (C=O) groups excluding carboxylic acids is 1. The summed E-state index contributed by atoms with van der Waals surface area (Å²) in [5.74, 6) is -0.0586. The Kier molecular flexibility index (Phi) is 2.51. The highest BCUT2D eigenvalue weighted by atomic mass is 16.1. The van der Waals surface area contributed by atoms with Crippen LogP contribution >= 0.6 is 0 Å². The molecule has 0 saturated carbocycles. The molecule has 0 atom stereocenters. The van der Waals surface area contributed by atoms with E-state index in [0.717, 1.165) is 0 Å². The molecule has 0 aliphatic heterocycles. The molecule has 0 fully saturated rings. The van der Waals surface area contributed by atoms with E-state index in [4.69, 9.17) is 11.5 Å². The quantitative estimate of drug-likeness (QED) is 0.723. The number of nitrogens with zero attached hydrogens (tertiary/aromatic N) is 2. The van der Waals surface area contributed by atoms with Gasteiger partial charge in [-0.2, -0.15) is 0 Å². The summed E-state index contributed by atoms with van der Waals surface area (Å²) in [4.78, 5) is 19.7. The maximum absolute atomic E-state index is 12.0. The van der Waals surface area contributed by atoms with Crippen LogP contribution in [0, 0.1) is 0 Å². The lowest BCUT2D eigenvalue weighted by molar-refractivity contribution is 0.103. The molecule has 0 aliphatic carbocycles. The van der Waals surface area contributed by atoms with Crippen LogP contribution in [0.4, 0.5) is 11.5 Å². The molecule has 0 aliphatic rings. The smallest absolute Gasteiger partial charge is 0.215 e. The number of rotatable bonds is 2. The predicted octanol–water partition coefficient (Wildman–Crippen LogP) is 0.872. The predicted molar refractivity (Wildman–Crippen MR) is 60.7 cm³/mol. The lowest BCUT2D eigenvalue weighted by Crippen LogP contribution is -2.08. The fourth-order valence-electron chi connectivity index (χ4n) is 1.29. The summed E-state index contributed by atoms with van der Waals surface area (Å²) in [5.41, 5.74) is 12.2. The summed E-state index contributed by atoms with van der Waals surface area (Å²) in [5, 5.41) is 0. The van der Waals surface area contributed by atoms with E-state index < -0.39 is 0 Å². The molecule has 0 aromatic carbocycles. The van der Waals surface area contributed by atoms with Crippen LogP contribution in [-0.4, -0.2) is 15.8 Å². The minimum Gasteiger partial charge on any atom is -0.397 e. The molecule has 2 aromatic rings. The zero-order valence-electron chi connectivity index (χ0n) is 8.42. The summed E-state index contributed by atoms with van der Waals surface area (Å²) >= 11 is 0. The largest absolute Gasteiger partial charge is 0.397 e. The number of hydrogen-bond acceptors (Lipinski definition) is 5. The highest BCUT2D eigenvalue weighted by Gasteiger charge is 2.13. The van der Waals surface area contributed by atoms with Gasteiger partial charge in [0.2, 0.25) is 5.78 Å².